The van der Waals surface area contributed by atoms with Crippen LogP contribution in [0.4, 0.5) is 8.78 Å². The minimum atomic E-state index is -1.14. The summed E-state index contributed by atoms with van der Waals surface area (Å²) in [6.45, 7) is -0.329. The summed E-state index contributed by atoms with van der Waals surface area (Å²) in [5.41, 5.74) is 0.263. The van der Waals surface area contributed by atoms with E-state index in [4.69, 9.17) is 5.11 Å². The van der Waals surface area contributed by atoms with E-state index in [1.807, 2.05) is 0 Å². The van der Waals surface area contributed by atoms with Gasteiger partial charge in [0.25, 0.3) is 0 Å². The average Bonchev–Trinajstić information content (AvgIpc) is 1.95. The highest BCUT2D eigenvalue weighted by Crippen LogP contribution is 2.04. The van der Waals surface area contributed by atoms with Crippen LogP contribution < -0.4 is 0 Å². The summed E-state index contributed by atoms with van der Waals surface area (Å²) >= 11 is 0. The number of rotatable bonds is 1. The molecule has 4 heteroatoms. The lowest BCUT2D eigenvalue weighted by Gasteiger charge is -1.94. The van der Waals surface area contributed by atoms with Crippen LogP contribution in [0.5, 0.6) is 0 Å². The standard InChI is InChI=1S/C6H5F2NO/c7-5-1-4(3-10)2-9-6(5)8/h1-2,10H,3H2. The Kier molecular flexibility index (Phi) is 1.91. The van der Waals surface area contributed by atoms with E-state index in [0.29, 0.717) is 0 Å². The van der Waals surface area contributed by atoms with Gasteiger partial charge in [0.2, 0.25) is 5.95 Å². The number of hydrogen-bond donors (Lipinski definition) is 1. The molecule has 1 N–H and O–H groups in total. The molecule has 0 spiro atoms. The van der Waals surface area contributed by atoms with Gasteiger partial charge in [-0.05, 0) is 11.6 Å². The van der Waals surface area contributed by atoms with Gasteiger partial charge in [0.05, 0.1) is 6.61 Å². The van der Waals surface area contributed by atoms with E-state index in [2.05, 4.69) is 4.98 Å². The Morgan fingerprint density at radius 1 is 1.50 bits per heavy atom. The van der Waals surface area contributed by atoms with Crippen molar-refractivity contribution in [1.29, 1.82) is 0 Å². The van der Waals surface area contributed by atoms with Gasteiger partial charge in [-0.25, -0.2) is 9.37 Å². The fourth-order valence-electron chi connectivity index (χ4n) is 0.547. The van der Waals surface area contributed by atoms with Crippen molar-refractivity contribution in [2.24, 2.45) is 0 Å². The number of pyridine rings is 1. The molecule has 54 valence electrons. The van der Waals surface area contributed by atoms with Crippen molar-refractivity contribution >= 4 is 0 Å². The van der Waals surface area contributed by atoms with Gasteiger partial charge in [-0.15, -0.1) is 0 Å². The van der Waals surface area contributed by atoms with Crippen LogP contribution in [0.1, 0.15) is 5.56 Å². The van der Waals surface area contributed by atoms with E-state index < -0.39 is 11.8 Å². The van der Waals surface area contributed by atoms with Crippen LogP contribution >= 0.6 is 0 Å². The van der Waals surface area contributed by atoms with Crippen molar-refractivity contribution in [1.82, 2.24) is 4.98 Å². The lowest BCUT2D eigenvalue weighted by molar-refractivity contribution is 0.280. The van der Waals surface area contributed by atoms with Crippen molar-refractivity contribution in [2.45, 2.75) is 6.61 Å². The molecule has 0 unspecified atom stereocenters. The molecule has 0 saturated heterocycles. The quantitative estimate of drug-likeness (QED) is 0.594. The molecule has 0 aliphatic heterocycles. The summed E-state index contributed by atoms with van der Waals surface area (Å²) in [5.74, 6) is -2.18. The minimum Gasteiger partial charge on any atom is -0.392 e. The Morgan fingerprint density at radius 2 is 2.20 bits per heavy atom. The zero-order chi connectivity index (χ0) is 7.56. The zero-order valence-corrected chi connectivity index (χ0v) is 5.01. The molecular formula is C6H5F2NO. The summed E-state index contributed by atoms with van der Waals surface area (Å²) in [4.78, 5) is 3.05. The maximum Gasteiger partial charge on any atom is 0.248 e. The van der Waals surface area contributed by atoms with Gasteiger partial charge in [0.15, 0.2) is 5.82 Å². The fraction of sp³-hybridized carbons (Fsp3) is 0.167. The SMILES string of the molecule is OCc1cnc(F)c(F)c1. The van der Waals surface area contributed by atoms with Gasteiger partial charge >= 0.3 is 0 Å². The van der Waals surface area contributed by atoms with Crippen molar-refractivity contribution in [2.75, 3.05) is 0 Å². The van der Waals surface area contributed by atoms with Gasteiger partial charge in [-0.2, -0.15) is 4.39 Å². The molecule has 0 atom stereocenters. The van der Waals surface area contributed by atoms with E-state index in [1.165, 1.54) is 0 Å². The highest BCUT2D eigenvalue weighted by atomic mass is 19.2. The topological polar surface area (TPSA) is 33.1 Å². The monoisotopic (exact) mass is 145 g/mol. The predicted octanol–water partition coefficient (Wildman–Crippen LogP) is 0.852. The Hall–Kier alpha value is -1.03. The third-order valence-electron chi connectivity index (χ3n) is 1.04. The van der Waals surface area contributed by atoms with Crippen molar-refractivity contribution < 1.29 is 13.9 Å². The molecule has 0 bridgehead atoms. The fourth-order valence-corrected chi connectivity index (χ4v) is 0.547. The molecule has 0 aliphatic rings. The lowest BCUT2D eigenvalue weighted by Crippen LogP contribution is -1.92. The largest absolute Gasteiger partial charge is 0.392 e. The highest BCUT2D eigenvalue weighted by Gasteiger charge is 2.01. The summed E-state index contributed by atoms with van der Waals surface area (Å²) in [5, 5.41) is 8.42. The third kappa shape index (κ3) is 1.27. The second kappa shape index (κ2) is 2.70. The van der Waals surface area contributed by atoms with E-state index in [9.17, 15) is 8.78 Å². The molecule has 10 heavy (non-hydrogen) atoms. The molecule has 1 aromatic heterocycles. The Balaban J connectivity index is 3.04. The molecule has 0 radical (unpaired) electrons. The summed E-state index contributed by atoms with van der Waals surface area (Å²) in [6, 6.07) is 0.905. The first kappa shape index (κ1) is 7.08. The van der Waals surface area contributed by atoms with Crippen molar-refractivity contribution in [3.63, 3.8) is 0 Å². The lowest BCUT2D eigenvalue weighted by atomic mass is 10.3. The predicted molar refractivity (Wildman–Crippen MR) is 30.1 cm³/mol. The Morgan fingerprint density at radius 3 is 2.70 bits per heavy atom. The normalized spacial score (nSPS) is 9.90. The van der Waals surface area contributed by atoms with Gasteiger partial charge in [-0.3, -0.25) is 0 Å². The van der Waals surface area contributed by atoms with Crippen LogP contribution in [0, 0.1) is 11.8 Å². The number of halogens is 2. The molecule has 1 rings (SSSR count). The summed E-state index contributed by atoms with van der Waals surface area (Å²) < 4.78 is 24.3. The van der Waals surface area contributed by atoms with Crippen LogP contribution in [0.15, 0.2) is 12.3 Å². The summed E-state index contributed by atoms with van der Waals surface area (Å²) in [7, 11) is 0. The summed E-state index contributed by atoms with van der Waals surface area (Å²) in [6.07, 6.45) is 1.08. The second-order valence-corrected chi connectivity index (χ2v) is 1.77. The molecule has 1 aromatic rings. The number of aliphatic hydroxyl groups excluding tert-OH is 1. The first-order chi connectivity index (χ1) is 4.74. The highest BCUT2D eigenvalue weighted by molar-refractivity contribution is 5.09. The smallest absolute Gasteiger partial charge is 0.248 e. The minimum absolute atomic E-state index is 0.263. The van der Waals surface area contributed by atoms with Gasteiger partial charge < -0.3 is 5.11 Å². The number of nitrogens with zero attached hydrogens (tertiary/aromatic N) is 1. The van der Waals surface area contributed by atoms with E-state index in [1.54, 1.807) is 0 Å². The van der Waals surface area contributed by atoms with Crippen molar-refractivity contribution in [3.05, 3.63) is 29.6 Å². The number of aliphatic hydroxyl groups is 1. The van der Waals surface area contributed by atoms with E-state index in [0.717, 1.165) is 12.3 Å². The van der Waals surface area contributed by atoms with Crippen LogP contribution in [0.2, 0.25) is 0 Å². The maximum absolute atomic E-state index is 12.2. The molecule has 0 aliphatic carbocycles. The molecule has 0 amide bonds. The van der Waals surface area contributed by atoms with Gasteiger partial charge in [0.1, 0.15) is 0 Å². The third-order valence-corrected chi connectivity index (χ3v) is 1.04. The zero-order valence-electron chi connectivity index (χ0n) is 5.01. The molecule has 1 heterocycles. The first-order valence-electron chi connectivity index (χ1n) is 2.65. The van der Waals surface area contributed by atoms with Crippen LogP contribution in [0.3, 0.4) is 0 Å². The molecular weight excluding hydrogens is 140 g/mol. The van der Waals surface area contributed by atoms with Gasteiger partial charge in [0, 0.05) is 6.20 Å². The number of hydrogen-bond acceptors (Lipinski definition) is 2. The molecule has 0 saturated carbocycles. The van der Waals surface area contributed by atoms with Crippen molar-refractivity contribution in [3.8, 4) is 0 Å². The van der Waals surface area contributed by atoms with E-state index in [-0.39, 0.29) is 12.2 Å². The second-order valence-electron chi connectivity index (χ2n) is 1.77. The van der Waals surface area contributed by atoms with Gasteiger partial charge in [-0.1, -0.05) is 0 Å². The first-order valence-corrected chi connectivity index (χ1v) is 2.65. The van der Waals surface area contributed by atoms with E-state index >= 15 is 0 Å². The Bertz CT molecular complexity index is 239. The van der Waals surface area contributed by atoms with Crippen LogP contribution in [-0.4, -0.2) is 10.1 Å². The molecule has 0 fully saturated rings. The molecule has 0 aromatic carbocycles. The number of aromatic nitrogens is 1. The average molecular weight is 145 g/mol. The van der Waals surface area contributed by atoms with Crippen LogP contribution in [-0.2, 0) is 6.61 Å². The van der Waals surface area contributed by atoms with Crippen LogP contribution in [0.25, 0.3) is 0 Å². The maximum atomic E-state index is 12.2. The Labute approximate surface area is 56.1 Å². The molecule has 2 nitrogen and oxygen atoms in total.